The Balaban J connectivity index is 1.42. The molecule has 2 aromatic carbocycles. The molecule has 0 N–H and O–H groups in total. The second-order valence-corrected chi connectivity index (χ2v) is 7.40. The standard InChI is InChI=1S/C23H25N3O3/c1-17-10-12-19(13-11-17)22-24-23(29-25-22)20-9-5-6-14-26(20)21(27)16-28-15-18-7-3-2-4-8-18/h2-4,7-8,10-13,20H,5-6,9,14-16H2,1H3. The van der Waals surface area contributed by atoms with Crippen LogP contribution in [-0.2, 0) is 16.1 Å². The van der Waals surface area contributed by atoms with Gasteiger partial charge in [-0.2, -0.15) is 4.98 Å². The molecule has 0 spiro atoms. The summed E-state index contributed by atoms with van der Waals surface area (Å²) in [4.78, 5) is 19.2. The molecule has 150 valence electrons. The molecule has 2 heterocycles. The number of hydrogen-bond donors (Lipinski definition) is 0. The first-order valence-corrected chi connectivity index (χ1v) is 10.0. The Morgan fingerprint density at radius 2 is 1.93 bits per heavy atom. The molecule has 1 amide bonds. The van der Waals surface area contributed by atoms with Gasteiger partial charge in [-0.05, 0) is 31.7 Å². The number of nitrogens with zero attached hydrogens (tertiary/aromatic N) is 3. The van der Waals surface area contributed by atoms with Gasteiger partial charge in [0.25, 0.3) is 0 Å². The molecular formula is C23H25N3O3. The van der Waals surface area contributed by atoms with Crippen molar-refractivity contribution in [1.82, 2.24) is 15.0 Å². The molecule has 1 atom stereocenters. The van der Waals surface area contributed by atoms with Crippen molar-refractivity contribution in [1.29, 1.82) is 0 Å². The Morgan fingerprint density at radius 3 is 2.72 bits per heavy atom. The van der Waals surface area contributed by atoms with Crippen molar-refractivity contribution in [3.8, 4) is 11.4 Å². The van der Waals surface area contributed by atoms with E-state index in [4.69, 9.17) is 9.26 Å². The van der Waals surface area contributed by atoms with Crippen LogP contribution in [0.25, 0.3) is 11.4 Å². The van der Waals surface area contributed by atoms with Crippen LogP contribution >= 0.6 is 0 Å². The molecule has 1 aliphatic rings. The van der Waals surface area contributed by atoms with Crippen LogP contribution in [0.3, 0.4) is 0 Å². The highest BCUT2D eigenvalue weighted by molar-refractivity contribution is 5.78. The van der Waals surface area contributed by atoms with Crippen LogP contribution in [0.2, 0.25) is 0 Å². The molecule has 1 aliphatic heterocycles. The van der Waals surface area contributed by atoms with E-state index in [1.165, 1.54) is 5.56 Å². The van der Waals surface area contributed by atoms with Crippen LogP contribution in [0.1, 0.15) is 42.3 Å². The molecule has 3 aromatic rings. The van der Waals surface area contributed by atoms with Crippen LogP contribution in [0.4, 0.5) is 0 Å². The lowest BCUT2D eigenvalue weighted by molar-refractivity contribution is -0.141. The van der Waals surface area contributed by atoms with Gasteiger partial charge in [0.05, 0.1) is 6.61 Å². The minimum atomic E-state index is -0.191. The average Bonchev–Trinajstić information content (AvgIpc) is 3.25. The first-order chi connectivity index (χ1) is 14.2. The van der Waals surface area contributed by atoms with E-state index >= 15 is 0 Å². The summed E-state index contributed by atoms with van der Waals surface area (Å²) >= 11 is 0. The molecule has 0 bridgehead atoms. The van der Waals surface area contributed by atoms with Gasteiger partial charge in [-0.3, -0.25) is 4.79 Å². The fourth-order valence-corrected chi connectivity index (χ4v) is 3.59. The first-order valence-electron chi connectivity index (χ1n) is 10.0. The average molecular weight is 391 g/mol. The summed E-state index contributed by atoms with van der Waals surface area (Å²) in [5.74, 6) is 1.01. The lowest BCUT2D eigenvalue weighted by atomic mass is 10.0. The molecule has 1 unspecified atom stereocenters. The van der Waals surface area contributed by atoms with Gasteiger partial charge in [-0.25, -0.2) is 0 Å². The van der Waals surface area contributed by atoms with Crippen molar-refractivity contribution in [2.45, 2.75) is 38.8 Å². The van der Waals surface area contributed by atoms with E-state index < -0.39 is 0 Å². The number of carbonyl (C=O) groups excluding carboxylic acids is 1. The first kappa shape index (κ1) is 19.3. The summed E-state index contributed by atoms with van der Waals surface area (Å²) in [6, 6.07) is 17.7. The molecule has 0 radical (unpaired) electrons. The number of rotatable bonds is 6. The summed E-state index contributed by atoms with van der Waals surface area (Å²) in [5, 5.41) is 4.13. The van der Waals surface area contributed by atoms with Gasteiger partial charge >= 0.3 is 0 Å². The van der Waals surface area contributed by atoms with Crippen LogP contribution < -0.4 is 0 Å². The summed E-state index contributed by atoms with van der Waals surface area (Å²) in [6.07, 6.45) is 2.82. The van der Waals surface area contributed by atoms with E-state index in [2.05, 4.69) is 10.1 Å². The number of hydrogen-bond acceptors (Lipinski definition) is 5. The number of benzene rings is 2. The lowest BCUT2D eigenvalue weighted by Crippen LogP contribution is -2.40. The maximum Gasteiger partial charge on any atom is 0.249 e. The van der Waals surface area contributed by atoms with Crippen molar-refractivity contribution < 1.29 is 14.1 Å². The zero-order valence-corrected chi connectivity index (χ0v) is 16.6. The van der Waals surface area contributed by atoms with E-state index in [0.29, 0.717) is 24.9 Å². The zero-order chi connectivity index (χ0) is 20.1. The predicted octanol–water partition coefficient (Wildman–Crippen LogP) is 4.32. The van der Waals surface area contributed by atoms with Crippen molar-refractivity contribution in [3.63, 3.8) is 0 Å². The number of likely N-dealkylation sites (tertiary alicyclic amines) is 1. The van der Waals surface area contributed by atoms with E-state index in [-0.39, 0.29) is 18.6 Å². The third-order valence-electron chi connectivity index (χ3n) is 5.20. The van der Waals surface area contributed by atoms with Gasteiger partial charge in [0, 0.05) is 12.1 Å². The van der Waals surface area contributed by atoms with Gasteiger partial charge in [-0.15, -0.1) is 0 Å². The van der Waals surface area contributed by atoms with E-state index in [1.807, 2.05) is 66.4 Å². The van der Waals surface area contributed by atoms with Crippen molar-refractivity contribution in [2.75, 3.05) is 13.2 Å². The SMILES string of the molecule is Cc1ccc(-c2noc(C3CCCCN3C(=O)COCc3ccccc3)n2)cc1. The van der Waals surface area contributed by atoms with Crippen molar-refractivity contribution in [3.05, 3.63) is 71.6 Å². The molecule has 1 fully saturated rings. The maximum atomic E-state index is 12.8. The van der Waals surface area contributed by atoms with E-state index in [0.717, 1.165) is 30.4 Å². The minimum absolute atomic E-state index is 0.0410. The predicted molar refractivity (Wildman–Crippen MR) is 109 cm³/mol. The van der Waals surface area contributed by atoms with Crippen LogP contribution in [-0.4, -0.2) is 34.1 Å². The lowest BCUT2D eigenvalue weighted by Gasteiger charge is -2.33. The molecule has 1 saturated heterocycles. The number of piperidine rings is 1. The van der Waals surface area contributed by atoms with Gasteiger partial charge in [-0.1, -0.05) is 65.3 Å². The molecule has 4 rings (SSSR count). The molecule has 6 nitrogen and oxygen atoms in total. The maximum absolute atomic E-state index is 12.8. The van der Waals surface area contributed by atoms with Crippen LogP contribution in [0.15, 0.2) is 59.1 Å². The number of carbonyl (C=O) groups is 1. The summed E-state index contributed by atoms with van der Waals surface area (Å²) < 4.78 is 11.2. The highest BCUT2D eigenvalue weighted by Crippen LogP contribution is 2.31. The molecule has 6 heteroatoms. The third kappa shape index (κ3) is 4.71. The van der Waals surface area contributed by atoms with Gasteiger partial charge in [0.15, 0.2) is 0 Å². The summed E-state index contributed by atoms with van der Waals surface area (Å²) in [5.41, 5.74) is 3.14. The Bertz CT molecular complexity index is 938. The van der Waals surface area contributed by atoms with Crippen molar-refractivity contribution in [2.24, 2.45) is 0 Å². The topological polar surface area (TPSA) is 68.5 Å². The molecular weight excluding hydrogens is 366 g/mol. The number of amides is 1. The monoisotopic (exact) mass is 391 g/mol. The van der Waals surface area contributed by atoms with E-state index in [9.17, 15) is 4.79 Å². The number of aromatic nitrogens is 2. The fourth-order valence-electron chi connectivity index (χ4n) is 3.59. The fraction of sp³-hybridized carbons (Fsp3) is 0.348. The third-order valence-corrected chi connectivity index (χ3v) is 5.20. The second kappa shape index (κ2) is 9.01. The molecule has 0 aliphatic carbocycles. The van der Waals surface area contributed by atoms with E-state index in [1.54, 1.807) is 0 Å². The Morgan fingerprint density at radius 1 is 1.14 bits per heavy atom. The normalized spacial score (nSPS) is 16.7. The molecule has 29 heavy (non-hydrogen) atoms. The van der Waals surface area contributed by atoms with Gasteiger partial charge in [0.2, 0.25) is 17.6 Å². The highest BCUT2D eigenvalue weighted by atomic mass is 16.5. The van der Waals surface area contributed by atoms with Crippen LogP contribution in [0, 0.1) is 6.92 Å². The van der Waals surface area contributed by atoms with Gasteiger partial charge in [0.1, 0.15) is 12.6 Å². The Kier molecular flexibility index (Phi) is 6.00. The largest absolute Gasteiger partial charge is 0.367 e. The summed E-state index contributed by atoms with van der Waals surface area (Å²) in [6.45, 7) is 3.19. The Hall–Kier alpha value is -2.99. The molecule has 0 saturated carbocycles. The number of aryl methyl sites for hydroxylation is 1. The van der Waals surface area contributed by atoms with Crippen molar-refractivity contribution >= 4 is 5.91 Å². The van der Waals surface area contributed by atoms with Gasteiger partial charge < -0.3 is 14.2 Å². The molecule has 1 aromatic heterocycles. The second-order valence-electron chi connectivity index (χ2n) is 7.40. The summed E-state index contributed by atoms with van der Waals surface area (Å²) in [7, 11) is 0. The smallest absolute Gasteiger partial charge is 0.249 e. The highest BCUT2D eigenvalue weighted by Gasteiger charge is 2.32. The van der Waals surface area contributed by atoms with Crippen LogP contribution in [0.5, 0.6) is 0 Å². The zero-order valence-electron chi connectivity index (χ0n) is 16.6. The number of ether oxygens (including phenoxy) is 1. The minimum Gasteiger partial charge on any atom is -0.367 e. The quantitative estimate of drug-likeness (QED) is 0.626. The Labute approximate surface area is 170 Å².